The van der Waals surface area contributed by atoms with Gasteiger partial charge in [0.15, 0.2) is 0 Å². The molecule has 0 aliphatic carbocycles. The van der Waals surface area contributed by atoms with Crippen molar-refractivity contribution >= 4 is 41.4 Å². The van der Waals surface area contributed by atoms with Crippen molar-refractivity contribution < 1.29 is 4.79 Å². The Bertz CT molecular complexity index is 973. The third-order valence-electron chi connectivity index (χ3n) is 3.72. The lowest BCUT2D eigenvalue weighted by molar-refractivity contribution is -0.114. The molecule has 3 nitrogen and oxygen atoms in total. The summed E-state index contributed by atoms with van der Waals surface area (Å²) in [5.74, 6) is 0.167. The molecule has 0 bridgehead atoms. The van der Waals surface area contributed by atoms with Crippen LogP contribution in [0.15, 0.2) is 60.5 Å². The number of Topliss-reactive ketones (excluding diaryl/α,β-unsaturated/α-hetero) is 1. The predicted molar refractivity (Wildman–Crippen MR) is 127 cm³/mol. The van der Waals surface area contributed by atoms with E-state index in [-0.39, 0.29) is 5.78 Å². The number of carbonyl (C=O) groups excluding carboxylic acids is 1. The molecule has 0 saturated carbocycles. The van der Waals surface area contributed by atoms with Gasteiger partial charge in [-0.15, -0.1) is 0 Å². The van der Waals surface area contributed by atoms with Gasteiger partial charge < -0.3 is 15.1 Å². The predicted octanol–water partition coefficient (Wildman–Crippen LogP) is 4.97. The third kappa shape index (κ3) is 7.49. The van der Waals surface area contributed by atoms with Gasteiger partial charge in [0.1, 0.15) is 5.78 Å². The van der Waals surface area contributed by atoms with E-state index in [1.807, 2.05) is 25.2 Å². The Hall–Kier alpha value is -2.72. The second-order valence-electron chi connectivity index (χ2n) is 6.52. The Morgan fingerprint density at radius 1 is 1.18 bits per heavy atom. The minimum Gasteiger partial charge on any atom is -0.359 e. The normalized spacial score (nSPS) is 13.1. The summed E-state index contributed by atoms with van der Waals surface area (Å²) in [6, 6.07) is 10.5. The van der Waals surface area contributed by atoms with Crippen LogP contribution in [0.3, 0.4) is 0 Å². The molecule has 1 heterocycles. The fraction of sp³-hybridized carbons (Fsp3) is 0.208. The smallest absolute Gasteiger partial charge is 0.126 e. The molecule has 1 aromatic carbocycles. The molecule has 28 heavy (non-hydrogen) atoms. The fourth-order valence-corrected chi connectivity index (χ4v) is 2.71. The number of thiol groups is 1. The highest BCUT2D eigenvalue weighted by Crippen LogP contribution is 2.13. The molecule has 0 aliphatic heterocycles. The lowest BCUT2D eigenvalue weighted by Crippen LogP contribution is -2.26. The summed E-state index contributed by atoms with van der Waals surface area (Å²) in [6.45, 7) is 13.0. The van der Waals surface area contributed by atoms with Gasteiger partial charge in [-0.05, 0) is 64.3 Å². The Morgan fingerprint density at radius 2 is 1.79 bits per heavy atom. The maximum atomic E-state index is 9.44. The first-order valence-electron chi connectivity index (χ1n) is 9.13. The minimum atomic E-state index is 0.167. The zero-order chi connectivity index (χ0) is 21.1. The first-order valence-corrected chi connectivity index (χ1v) is 9.65. The van der Waals surface area contributed by atoms with Crippen LogP contribution in [-0.4, -0.2) is 10.8 Å². The van der Waals surface area contributed by atoms with Gasteiger partial charge in [-0.3, -0.25) is 0 Å². The van der Waals surface area contributed by atoms with E-state index in [9.17, 15) is 4.79 Å². The Labute approximate surface area is 173 Å². The van der Waals surface area contributed by atoms with Crippen molar-refractivity contribution in [2.45, 2.75) is 34.6 Å². The van der Waals surface area contributed by atoms with Crippen LogP contribution in [0.25, 0.3) is 17.3 Å². The molecular weight excluding hydrogens is 364 g/mol. The second kappa shape index (κ2) is 11.9. The van der Waals surface area contributed by atoms with E-state index in [4.69, 9.17) is 0 Å². The summed E-state index contributed by atoms with van der Waals surface area (Å²) >= 11 is 4.31. The monoisotopic (exact) mass is 394 g/mol. The number of aryl methyl sites for hydroxylation is 1. The van der Waals surface area contributed by atoms with Crippen LogP contribution in [0.1, 0.15) is 39.0 Å². The summed E-state index contributed by atoms with van der Waals surface area (Å²) in [7, 11) is 0. The molecule has 0 amide bonds. The number of allylic oxidation sites excluding steroid dienone is 4. The lowest BCUT2D eigenvalue weighted by Gasteiger charge is -2.06. The van der Waals surface area contributed by atoms with Gasteiger partial charge in [-0.1, -0.05) is 42.5 Å². The van der Waals surface area contributed by atoms with Crippen LogP contribution in [0, 0.1) is 6.92 Å². The average molecular weight is 395 g/mol. The van der Waals surface area contributed by atoms with Crippen molar-refractivity contribution in [3.05, 3.63) is 82.4 Å². The van der Waals surface area contributed by atoms with Gasteiger partial charge in [0, 0.05) is 33.2 Å². The molecule has 0 atom stereocenters. The van der Waals surface area contributed by atoms with Crippen LogP contribution in [0.4, 0.5) is 5.69 Å². The summed E-state index contributed by atoms with van der Waals surface area (Å²) < 4.78 is 0. The van der Waals surface area contributed by atoms with Crippen molar-refractivity contribution in [3.8, 4) is 0 Å². The molecule has 0 spiro atoms. The standard InChI is InChI=1S/C21H24N2S.C3H6O/c1-5-7-17(14-24)21-13-19(20(23-21)8-6-2)16(4)22-18-11-9-15(3)10-12-18;1-3(2)4/h5-14,22-24H,2H2,1,3-4H3;1-2H3/b7-5-,17-14+,19-16+,20-8+;. The molecule has 2 aromatic rings. The van der Waals surface area contributed by atoms with Crippen molar-refractivity contribution in [2.24, 2.45) is 0 Å². The number of H-pyrrole nitrogens is 1. The van der Waals surface area contributed by atoms with E-state index in [1.54, 1.807) is 11.5 Å². The summed E-state index contributed by atoms with van der Waals surface area (Å²) in [5.41, 5.74) is 5.46. The van der Waals surface area contributed by atoms with E-state index < -0.39 is 0 Å². The van der Waals surface area contributed by atoms with Gasteiger partial charge in [-0.2, -0.15) is 12.6 Å². The number of hydrogen-bond donors (Lipinski definition) is 3. The Balaban J connectivity index is 0.000000892. The highest BCUT2D eigenvalue weighted by atomic mass is 32.1. The number of aromatic nitrogens is 1. The number of nitrogens with one attached hydrogen (secondary N) is 2. The molecule has 0 unspecified atom stereocenters. The van der Waals surface area contributed by atoms with Crippen LogP contribution < -0.4 is 15.9 Å². The van der Waals surface area contributed by atoms with Crippen molar-refractivity contribution in [3.63, 3.8) is 0 Å². The largest absolute Gasteiger partial charge is 0.359 e. The number of aromatic amines is 1. The third-order valence-corrected chi connectivity index (χ3v) is 3.99. The number of rotatable bonds is 5. The number of benzene rings is 1. The summed E-state index contributed by atoms with van der Waals surface area (Å²) in [6.07, 6.45) is 7.80. The summed E-state index contributed by atoms with van der Waals surface area (Å²) in [5, 5.41) is 7.41. The highest BCUT2D eigenvalue weighted by molar-refractivity contribution is 7.83. The SMILES string of the molecule is C=C/C=c1/[nH]c(C(/C=C\C)=C/S)c/c1=C(/C)Nc1ccc(C)cc1.CC(C)=O. The maximum absolute atomic E-state index is 9.44. The number of ketones is 1. The topological polar surface area (TPSA) is 44.9 Å². The zero-order valence-corrected chi connectivity index (χ0v) is 18.2. The molecule has 2 rings (SSSR count). The van der Waals surface area contributed by atoms with Crippen molar-refractivity contribution in [1.82, 2.24) is 4.98 Å². The molecule has 1 aromatic heterocycles. The van der Waals surface area contributed by atoms with Gasteiger partial charge in [-0.25, -0.2) is 0 Å². The van der Waals surface area contributed by atoms with Gasteiger partial charge in [0.25, 0.3) is 0 Å². The second-order valence-corrected chi connectivity index (χ2v) is 6.78. The van der Waals surface area contributed by atoms with Crippen LogP contribution in [0.5, 0.6) is 0 Å². The van der Waals surface area contributed by atoms with Crippen LogP contribution >= 0.6 is 12.6 Å². The fourth-order valence-electron chi connectivity index (χ4n) is 2.49. The van der Waals surface area contributed by atoms with Gasteiger partial charge >= 0.3 is 0 Å². The first-order chi connectivity index (χ1) is 13.3. The molecular formula is C24H30N2OS. The van der Waals surface area contributed by atoms with E-state index in [0.717, 1.165) is 33.2 Å². The average Bonchev–Trinajstić information content (AvgIpc) is 3.05. The molecule has 2 N–H and O–H groups in total. The first kappa shape index (κ1) is 23.3. The number of anilines is 1. The molecule has 4 heteroatoms. The van der Waals surface area contributed by atoms with Crippen molar-refractivity contribution in [2.75, 3.05) is 5.32 Å². The highest BCUT2D eigenvalue weighted by Gasteiger charge is 2.03. The van der Waals surface area contributed by atoms with E-state index >= 15 is 0 Å². The zero-order valence-electron chi connectivity index (χ0n) is 17.3. The summed E-state index contributed by atoms with van der Waals surface area (Å²) in [4.78, 5) is 12.9. The van der Waals surface area contributed by atoms with E-state index in [1.165, 1.54) is 19.4 Å². The van der Waals surface area contributed by atoms with Gasteiger partial charge in [0.2, 0.25) is 0 Å². The van der Waals surface area contributed by atoms with E-state index in [0.29, 0.717) is 0 Å². The number of carbonyl (C=O) groups is 1. The molecule has 0 aliphatic rings. The molecule has 0 radical (unpaired) electrons. The number of hydrogen-bond acceptors (Lipinski definition) is 3. The quantitative estimate of drug-likeness (QED) is 0.495. The minimum absolute atomic E-state index is 0.167. The van der Waals surface area contributed by atoms with Gasteiger partial charge in [0.05, 0.1) is 0 Å². The van der Waals surface area contributed by atoms with E-state index in [2.05, 4.69) is 73.7 Å². The Kier molecular flexibility index (Phi) is 9.89. The lowest BCUT2D eigenvalue weighted by atomic mass is 10.2. The molecule has 0 fully saturated rings. The maximum Gasteiger partial charge on any atom is 0.126 e. The molecule has 148 valence electrons. The van der Waals surface area contributed by atoms with Crippen LogP contribution in [0.2, 0.25) is 0 Å². The van der Waals surface area contributed by atoms with Crippen molar-refractivity contribution in [1.29, 1.82) is 0 Å². The Morgan fingerprint density at radius 3 is 2.29 bits per heavy atom. The van der Waals surface area contributed by atoms with Crippen LogP contribution in [-0.2, 0) is 4.79 Å². The molecule has 0 saturated heterocycles.